The van der Waals surface area contributed by atoms with Gasteiger partial charge in [0.2, 0.25) is 0 Å². The number of halogens is 1. The Kier molecular flexibility index (Phi) is 6.20. The maximum Gasteiger partial charge on any atom is 0.179 e. The van der Waals surface area contributed by atoms with E-state index in [0.717, 1.165) is 28.7 Å². The first kappa shape index (κ1) is 23.6. The lowest BCUT2D eigenvalue weighted by Gasteiger charge is -2.22. The van der Waals surface area contributed by atoms with Crippen molar-refractivity contribution in [3.63, 3.8) is 0 Å². The summed E-state index contributed by atoms with van der Waals surface area (Å²) < 4.78 is 28.9. The van der Waals surface area contributed by atoms with E-state index in [9.17, 15) is 14.8 Å². The van der Waals surface area contributed by atoms with Crippen molar-refractivity contribution in [2.24, 2.45) is 0 Å². The molecule has 4 aromatic rings. The molecule has 10 nitrogen and oxygen atoms in total. The van der Waals surface area contributed by atoms with Crippen molar-refractivity contribution in [1.82, 2.24) is 29.3 Å². The summed E-state index contributed by atoms with van der Waals surface area (Å²) in [7, 11) is 1.55. The van der Waals surface area contributed by atoms with Crippen LogP contribution in [0.3, 0.4) is 0 Å². The number of aliphatic hydroxyl groups is 1. The van der Waals surface area contributed by atoms with Gasteiger partial charge in [-0.1, -0.05) is 0 Å². The van der Waals surface area contributed by atoms with Crippen LogP contribution in [0.15, 0.2) is 36.8 Å². The normalized spacial score (nSPS) is 15.2. The Morgan fingerprint density at radius 1 is 1.19 bits per heavy atom. The number of pyridine rings is 2. The van der Waals surface area contributed by atoms with Gasteiger partial charge in [0.15, 0.2) is 29.3 Å². The van der Waals surface area contributed by atoms with Gasteiger partial charge in [-0.15, -0.1) is 0 Å². The highest BCUT2D eigenvalue weighted by Crippen LogP contribution is 2.37. The van der Waals surface area contributed by atoms with Gasteiger partial charge in [0.1, 0.15) is 5.82 Å². The number of nitrogens with zero attached hydrogens (tertiary/aromatic N) is 7. The van der Waals surface area contributed by atoms with Crippen LogP contribution in [-0.2, 0) is 13.0 Å². The van der Waals surface area contributed by atoms with Gasteiger partial charge >= 0.3 is 0 Å². The Labute approximate surface area is 207 Å². The average Bonchev–Trinajstić information content (AvgIpc) is 3.36. The highest BCUT2D eigenvalue weighted by molar-refractivity contribution is 5.75. The van der Waals surface area contributed by atoms with Crippen molar-refractivity contribution in [2.75, 3.05) is 20.2 Å². The van der Waals surface area contributed by atoms with E-state index in [4.69, 9.17) is 14.6 Å². The van der Waals surface area contributed by atoms with Gasteiger partial charge in [-0.3, -0.25) is 9.67 Å². The zero-order valence-electron chi connectivity index (χ0n) is 20.2. The predicted octanol–water partition coefficient (Wildman–Crippen LogP) is 2.89. The first-order valence-corrected chi connectivity index (χ1v) is 11.6. The van der Waals surface area contributed by atoms with Gasteiger partial charge in [0.05, 0.1) is 43.5 Å². The molecule has 5 rings (SSSR count). The van der Waals surface area contributed by atoms with Crippen LogP contribution in [0, 0.1) is 24.2 Å². The lowest BCUT2D eigenvalue weighted by Crippen LogP contribution is -2.22. The van der Waals surface area contributed by atoms with E-state index in [0.29, 0.717) is 48.8 Å². The number of aromatic nitrogens is 5. The maximum atomic E-state index is 13.5. The van der Waals surface area contributed by atoms with Gasteiger partial charge in [0.25, 0.3) is 0 Å². The fraction of sp³-hybridized carbons (Fsp3) is 0.360. The molecule has 0 aromatic carbocycles. The smallest absolute Gasteiger partial charge is 0.179 e. The fourth-order valence-corrected chi connectivity index (χ4v) is 4.55. The largest absolute Gasteiger partial charge is 0.493 e. The third kappa shape index (κ3) is 4.20. The fourth-order valence-electron chi connectivity index (χ4n) is 4.55. The Morgan fingerprint density at radius 3 is 2.72 bits per heavy atom. The molecular formula is C25H26FN7O3. The van der Waals surface area contributed by atoms with Crippen molar-refractivity contribution in [2.45, 2.75) is 39.0 Å². The van der Waals surface area contributed by atoms with Crippen molar-refractivity contribution in [1.29, 1.82) is 5.26 Å². The van der Waals surface area contributed by atoms with E-state index >= 15 is 0 Å². The number of rotatable bonds is 6. The van der Waals surface area contributed by atoms with Crippen molar-refractivity contribution >= 4 is 5.52 Å². The molecule has 1 aliphatic heterocycles. The summed E-state index contributed by atoms with van der Waals surface area (Å²) in [5, 5.41) is 29.0. The van der Waals surface area contributed by atoms with E-state index in [-0.39, 0.29) is 0 Å². The molecule has 0 amide bonds. The number of nitriles is 1. The first-order chi connectivity index (χ1) is 17.4. The minimum absolute atomic E-state index is 0.389. The molecule has 1 aliphatic rings. The Hall–Kier alpha value is -4.17. The molecule has 0 fully saturated rings. The number of ether oxygens (including phenoxy) is 2. The maximum absolute atomic E-state index is 13.5. The van der Waals surface area contributed by atoms with E-state index in [1.165, 1.54) is 12.1 Å². The topological polar surface area (TPSA) is 114 Å². The molecule has 0 saturated carbocycles. The van der Waals surface area contributed by atoms with E-state index in [2.05, 4.69) is 16.3 Å². The zero-order valence-corrected chi connectivity index (χ0v) is 20.2. The Balaban J connectivity index is 1.60. The predicted molar refractivity (Wildman–Crippen MR) is 128 cm³/mol. The number of hydrogen-bond acceptors (Lipinski definition) is 8. The van der Waals surface area contributed by atoms with Crippen LogP contribution in [0.2, 0.25) is 0 Å². The summed E-state index contributed by atoms with van der Waals surface area (Å²) >= 11 is 0. The molecule has 0 bridgehead atoms. The lowest BCUT2D eigenvalue weighted by molar-refractivity contribution is 0.0460. The SMILES string of the molecule is COc1cnn2cc(-c3nn4c(c3C)CCN(C#N)CC4)cc(OC(c3ccc(F)cn3)[C@H](C)O)c12. The highest BCUT2D eigenvalue weighted by atomic mass is 19.1. The molecule has 2 atom stereocenters. The van der Waals surface area contributed by atoms with Gasteiger partial charge in [-0.05, 0) is 37.6 Å². The van der Waals surface area contributed by atoms with Crippen LogP contribution >= 0.6 is 0 Å². The van der Waals surface area contributed by atoms with Crippen LogP contribution in [0.5, 0.6) is 11.5 Å². The van der Waals surface area contributed by atoms with Crippen LogP contribution in [0.25, 0.3) is 16.8 Å². The summed E-state index contributed by atoms with van der Waals surface area (Å²) in [6.45, 7) is 5.48. The third-order valence-corrected chi connectivity index (χ3v) is 6.43. The van der Waals surface area contributed by atoms with Crippen LogP contribution in [0.4, 0.5) is 4.39 Å². The standard InChI is InChI=1S/C25H26FN7O3/c1-15-20-6-7-31(14-27)8-9-32(20)30-23(15)17-10-21(24-22(35-3)12-29-33(24)13-17)36-25(16(2)34)19-5-4-18(26)11-28-19/h4-5,10-13,16,25,34H,6-9H2,1-3H3/t16-,25?/m0/s1. The summed E-state index contributed by atoms with van der Waals surface area (Å²) in [6.07, 6.45) is 5.68. The molecule has 0 spiro atoms. The van der Waals surface area contributed by atoms with Gasteiger partial charge in [0, 0.05) is 37.0 Å². The molecule has 1 N–H and O–H groups in total. The number of methoxy groups -OCH3 is 1. The van der Waals surface area contributed by atoms with E-state index in [1.54, 1.807) is 29.6 Å². The summed E-state index contributed by atoms with van der Waals surface area (Å²) in [5.41, 5.74) is 4.63. The van der Waals surface area contributed by atoms with E-state index < -0.39 is 18.0 Å². The first-order valence-electron chi connectivity index (χ1n) is 11.6. The second-order valence-corrected chi connectivity index (χ2v) is 8.76. The van der Waals surface area contributed by atoms with E-state index in [1.807, 2.05) is 23.9 Å². The van der Waals surface area contributed by atoms with Gasteiger partial charge in [-0.2, -0.15) is 15.5 Å². The second-order valence-electron chi connectivity index (χ2n) is 8.76. The molecule has 5 heterocycles. The quantitative estimate of drug-likeness (QED) is 0.410. The molecule has 4 aromatic heterocycles. The molecular weight excluding hydrogens is 465 g/mol. The zero-order chi connectivity index (χ0) is 25.4. The Bertz CT molecular complexity index is 1440. The monoisotopic (exact) mass is 491 g/mol. The van der Waals surface area contributed by atoms with Crippen molar-refractivity contribution in [3.05, 3.63) is 59.6 Å². The van der Waals surface area contributed by atoms with Crippen molar-refractivity contribution < 1.29 is 19.0 Å². The minimum Gasteiger partial charge on any atom is -0.493 e. The molecule has 1 unspecified atom stereocenters. The minimum atomic E-state index is -0.936. The van der Waals surface area contributed by atoms with Crippen LogP contribution in [-0.4, -0.2) is 60.7 Å². The number of aliphatic hydroxyl groups excluding tert-OH is 1. The molecule has 0 radical (unpaired) electrons. The molecule has 36 heavy (non-hydrogen) atoms. The second kappa shape index (κ2) is 9.47. The van der Waals surface area contributed by atoms with Gasteiger partial charge < -0.3 is 19.5 Å². The molecule has 0 saturated heterocycles. The number of hydrogen-bond donors (Lipinski definition) is 1. The lowest BCUT2D eigenvalue weighted by atomic mass is 10.1. The molecule has 186 valence electrons. The van der Waals surface area contributed by atoms with Crippen LogP contribution in [0.1, 0.15) is 30.0 Å². The van der Waals surface area contributed by atoms with Gasteiger partial charge in [-0.25, -0.2) is 8.91 Å². The summed E-state index contributed by atoms with van der Waals surface area (Å²) in [6, 6.07) is 4.61. The summed E-state index contributed by atoms with van der Waals surface area (Å²) in [4.78, 5) is 5.85. The molecule has 0 aliphatic carbocycles. The average molecular weight is 492 g/mol. The third-order valence-electron chi connectivity index (χ3n) is 6.43. The highest BCUT2D eigenvalue weighted by Gasteiger charge is 2.26. The molecule has 11 heteroatoms. The van der Waals surface area contributed by atoms with Crippen molar-refractivity contribution in [3.8, 4) is 28.9 Å². The Morgan fingerprint density at radius 2 is 2.03 bits per heavy atom. The van der Waals surface area contributed by atoms with Crippen LogP contribution < -0.4 is 9.47 Å². The number of fused-ring (bicyclic) bond motifs is 2. The summed E-state index contributed by atoms with van der Waals surface area (Å²) in [5.74, 6) is 0.442.